The second-order valence-corrected chi connectivity index (χ2v) is 10.0. The Morgan fingerprint density at radius 3 is 2.53 bits per heavy atom. The van der Waals surface area contributed by atoms with Gasteiger partial charge in [-0.2, -0.15) is 0 Å². The Bertz CT molecular complexity index is 1090. The van der Waals surface area contributed by atoms with Crippen LogP contribution in [0, 0.1) is 6.92 Å². The van der Waals surface area contributed by atoms with E-state index in [-0.39, 0.29) is 0 Å². The summed E-state index contributed by atoms with van der Waals surface area (Å²) in [5.41, 5.74) is 2.60. The molecule has 2 N–H and O–H groups in total. The summed E-state index contributed by atoms with van der Waals surface area (Å²) in [4.78, 5) is 6.40. The molecule has 8 heteroatoms. The number of rotatable bonds is 8. The molecular weight excluding hydrogens is 442 g/mol. The van der Waals surface area contributed by atoms with Gasteiger partial charge in [0.2, 0.25) is 0 Å². The van der Waals surface area contributed by atoms with Crippen molar-refractivity contribution in [3.8, 4) is 21.9 Å². The third-order valence-corrected chi connectivity index (χ3v) is 7.93. The normalized spacial score (nSPS) is 15.2. The van der Waals surface area contributed by atoms with Crippen LogP contribution < -0.4 is 19.5 Å². The molecule has 4 rings (SSSR count). The molecule has 32 heavy (non-hydrogen) atoms. The first-order chi connectivity index (χ1) is 15.6. The zero-order valence-corrected chi connectivity index (χ0v) is 20.3. The van der Waals surface area contributed by atoms with E-state index in [0.29, 0.717) is 28.1 Å². The maximum Gasteiger partial charge on any atom is 0.183 e. The van der Waals surface area contributed by atoms with Crippen LogP contribution in [-0.4, -0.2) is 29.5 Å². The van der Waals surface area contributed by atoms with Gasteiger partial charge in [0.15, 0.2) is 16.1 Å². The van der Waals surface area contributed by atoms with Gasteiger partial charge in [-0.05, 0) is 55.7 Å². The standard InChI is InChI=1S/C24H29N3O3S2/c1-16-23(31-24(25-16)26-18-9-5-4-6-10-18)17-13-14-21(30-3)22(15-17)32(28)27-19-11-7-8-12-20(19)29-2/h7-8,11-15,18,27H,4-6,9-10H2,1-3H3,(H,25,26). The number of nitrogens with one attached hydrogen (secondary N) is 2. The lowest BCUT2D eigenvalue weighted by Crippen LogP contribution is -2.21. The molecule has 1 aliphatic carbocycles. The Morgan fingerprint density at radius 1 is 1.03 bits per heavy atom. The topological polar surface area (TPSA) is 72.5 Å². The average Bonchev–Trinajstić information content (AvgIpc) is 3.19. The molecule has 1 unspecified atom stereocenters. The van der Waals surface area contributed by atoms with Crippen molar-refractivity contribution in [1.82, 2.24) is 4.98 Å². The van der Waals surface area contributed by atoms with Crippen LogP contribution in [0.2, 0.25) is 0 Å². The summed E-state index contributed by atoms with van der Waals surface area (Å²) in [6, 6.07) is 13.7. The second-order valence-electron chi connectivity index (χ2n) is 7.85. The maximum atomic E-state index is 13.2. The molecule has 170 valence electrons. The summed E-state index contributed by atoms with van der Waals surface area (Å²) in [6.45, 7) is 2.02. The molecule has 1 atom stereocenters. The van der Waals surface area contributed by atoms with E-state index in [9.17, 15) is 4.21 Å². The third kappa shape index (κ3) is 5.07. The molecule has 2 aromatic carbocycles. The monoisotopic (exact) mass is 471 g/mol. The van der Waals surface area contributed by atoms with Crippen LogP contribution in [0.4, 0.5) is 10.8 Å². The van der Waals surface area contributed by atoms with Crippen molar-refractivity contribution in [3.05, 3.63) is 48.2 Å². The summed E-state index contributed by atoms with van der Waals surface area (Å²) < 4.78 is 27.2. The number of anilines is 2. The predicted molar refractivity (Wildman–Crippen MR) is 132 cm³/mol. The number of methoxy groups -OCH3 is 2. The molecule has 0 aliphatic heterocycles. The fraction of sp³-hybridized carbons (Fsp3) is 0.375. The number of ether oxygens (including phenoxy) is 2. The van der Waals surface area contributed by atoms with Crippen LogP contribution in [0.1, 0.15) is 37.8 Å². The zero-order valence-electron chi connectivity index (χ0n) is 18.6. The van der Waals surface area contributed by atoms with Crippen LogP contribution in [-0.2, 0) is 11.0 Å². The van der Waals surface area contributed by atoms with Gasteiger partial charge in [-0.1, -0.05) is 42.7 Å². The van der Waals surface area contributed by atoms with E-state index in [1.165, 1.54) is 32.1 Å². The highest BCUT2D eigenvalue weighted by atomic mass is 32.2. The second kappa shape index (κ2) is 10.4. The Balaban J connectivity index is 1.60. The van der Waals surface area contributed by atoms with Crippen molar-refractivity contribution in [1.29, 1.82) is 0 Å². The van der Waals surface area contributed by atoms with E-state index in [0.717, 1.165) is 21.3 Å². The highest BCUT2D eigenvalue weighted by Gasteiger charge is 2.19. The van der Waals surface area contributed by atoms with Gasteiger partial charge in [0, 0.05) is 6.04 Å². The summed E-state index contributed by atoms with van der Waals surface area (Å²) in [7, 11) is 1.65. The average molecular weight is 472 g/mol. The van der Waals surface area contributed by atoms with E-state index in [1.54, 1.807) is 25.6 Å². The number of thiazole rings is 1. The fourth-order valence-electron chi connectivity index (χ4n) is 3.99. The first-order valence-corrected chi connectivity index (χ1v) is 12.8. The SMILES string of the molecule is COc1ccccc1NS(=O)c1cc(-c2sc(NC3CCCCC3)nc2C)ccc1OC. The summed E-state index contributed by atoms with van der Waals surface area (Å²) in [5, 5.41) is 4.57. The number of aromatic nitrogens is 1. The molecule has 0 saturated heterocycles. The van der Waals surface area contributed by atoms with Crippen LogP contribution in [0.3, 0.4) is 0 Å². The molecule has 1 aliphatic rings. The quantitative estimate of drug-likeness (QED) is 0.421. The Kier molecular flexibility index (Phi) is 7.32. The minimum Gasteiger partial charge on any atom is -0.495 e. The highest BCUT2D eigenvalue weighted by Crippen LogP contribution is 2.37. The van der Waals surface area contributed by atoms with Gasteiger partial charge < -0.3 is 14.8 Å². The molecule has 3 aromatic rings. The minimum atomic E-state index is -1.53. The molecule has 1 fully saturated rings. The van der Waals surface area contributed by atoms with E-state index < -0.39 is 11.0 Å². The lowest BCUT2D eigenvalue weighted by Gasteiger charge is -2.22. The number of hydrogen-bond acceptors (Lipinski definition) is 6. The lowest BCUT2D eigenvalue weighted by atomic mass is 9.96. The third-order valence-electron chi connectivity index (χ3n) is 5.66. The van der Waals surface area contributed by atoms with E-state index in [2.05, 4.69) is 10.0 Å². The maximum absolute atomic E-state index is 13.2. The smallest absolute Gasteiger partial charge is 0.183 e. The molecule has 1 saturated carbocycles. The fourth-order valence-corrected chi connectivity index (χ4v) is 6.08. The van der Waals surface area contributed by atoms with Gasteiger partial charge in [0.25, 0.3) is 0 Å². The Hall–Kier alpha value is -2.58. The molecule has 1 heterocycles. The number of nitrogens with zero attached hydrogens (tertiary/aromatic N) is 1. The Morgan fingerprint density at radius 2 is 1.78 bits per heavy atom. The minimum absolute atomic E-state index is 0.506. The summed E-state index contributed by atoms with van der Waals surface area (Å²) in [5.74, 6) is 1.20. The summed E-state index contributed by atoms with van der Waals surface area (Å²) in [6.07, 6.45) is 6.29. The van der Waals surface area contributed by atoms with Crippen molar-refractivity contribution in [2.24, 2.45) is 0 Å². The zero-order chi connectivity index (χ0) is 22.5. The first-order valence-electron chi connectivity index (χ1n) is 10.8. The number of para-hydroxylation sites is 2. The Labute approximate surface area is 196 Å². The van der Waals surface area contributed by atoms with Crippen LogP contribution in [0.15, 0.2) is 47.4 Å². The molecule has 0 bridgehead atoms. The van der Waals surface area contributed by atoms with Crippen molar-refractivity contribution in [3.63, 3.8) is 0 Å². The summed E-state index contributed by atoms with van der Waals surface area (Å²) >= 11 is 1.65. The molecule has 0 radical (unpaired) electrons. The van der Waals surface area contributed by atoms with Crippen molar-refractivity contribution < 1.29 is 13.7 Å². The van der Waals surface area contributed by atoms with Gasteiger partial charge in [-0.25, -0.2) is 9.19 Å². The van der Waals surface area contributed by atoms with Crippen molar-refractivity contribution in [2.45, 2.75) is 50.0 Å². The van der Waals surface area contributed by atoms with Crippen LogP contribution >= 0.6 is 11.3 Å². The van der Waals surface area contributed by atoms with Crippen LogP contribution in [0.5, 0.6) is 11.5 Å². The number of hydrogen-bond donors (Lipinski definition) is 2. The molecule has 6 nitrogen and oxygen atoms in total. The molecule has 1 aromatic heterocycles. The van der Waals surface area contributed by atoms with Crippen LogP contribution in [0.25, 0.3) is 10.4 Å². The predicted octanol–water partition coefficient (Wildman–Crippen LogP) is 6.02. The van der Waals surface area contributed by atoms with Crippen molar-refractivity contribution >= 4 is 33.1 Å². The van der Waals surface area contributed by atoms with Gasteiger partial charge in [0.1, 0.15) is 16.4 Å². The number of benzene rings is 2. The van der Waals surface area contributed by atoms with E-state index in [1.807, 2.05) is 49.4 Å². The lowest BCUT2D eigenvalue weighted by molar-refractivity contribution is 0.404. The largest absolute Gasteiger partial charge is 0.495 e. The number of aryl methyl sites for hydroxylation is 1. The van der Waals surface area contributed by atoms with Gasteiger partial charge in [-0.15, -0.1) is 0 Å². The molecular formula is C24H29N3O3S2. The van der Waals surface area contributed by atoms with Gasteiger partial charge in [-0.3, -0.25) is 4.72 Å². The van der Waals surface area contributed by atoms with Gasteiger partial charge in [0.05, 0.1) is 30.5 Å². The van der Waals surface area contributed by atoms with E-state index >= 15 is 0 Å². The van der Waals surface area contributed by atoms with Crippen molar-refractivity contribution in [2.75, 3.05) is 24.3 Å². The highest BCUT2D eigenvalue weighted by molar-refractivity contribution is 7.86. The molecule has 0 amide bonds. The molecule has 0 spiro atoms. The van der Waals surface area contributed by atoms with E-state index in [4.69, 9.17) is 14.5 Å². The first kappa shape index (κ1) is 22.6. The van der Waals surface area contributed by atoms with Gasteiger partial charge >= 0.3 is 0 Å².